The number of nitrogens with two attached hydrogens (primary N) is 1. The summed E-state index contributed by atoms with van der Waals surface area (Å²) in [6.45, 7) is 1.63. The molecular formula is C12H10N2O3. The highest BCUT2D eigenvalue weighted by Gasteiger charge is 2.40. The summed E-state index contributed by atoms with van der Waals surface area (Å²) < 4.78 is 0. The first-order valence-corrected chi connectivity index (χ1v) is 5.02. The molecule has 0 aliphatic carbocycles. The zero-order valence-corrected chi connectivity index (χ0v) is 9.14. The van der Waals surface area contributed by atoms with E-state index in [1.165, 1.54) is 18.2 Å². The number of imide groups is 3. The van der Waals surface area contributed by atoms with Gasteiger partial charge < -0.3 is 5.73 Å². The minimum atomic E-state index is -0.661. The van der Waals surface area contributed by atoms with E-state index < -0.39 is 17.7 Å². The predicted molar refractivity (Wildman–Crippen MR) is 61.2 cm³/mol. The number of anilines is 1. The van der Waals surface area contributed by atoms with Crippen molar-refractivity contribution in [1.82, 2.24) is 4.90 Å². The SMILES string of the molecule is C/C=C/C(=O)N1C(=O)c2cccc(N)c2C1=O. The maximum absolute atomic E-state index is 11.9. The summed E-state index contributed by atoms with van der Waals surface area (Å²) in [5.74, 6) is -1.94. The molecule has 1 aromatic carbocycles. The second-order valence-electron chi connectivity index (χ2n) is 3.55. The van der Waals surface area contributed by atoms with Crippen LogP contribution in [0.3, 0.4) is 0 Å². The summed E-state index contributed by atoms with van der Waals surface area (Å²) in [4.78, 5) is 36.0. The first-order chi connectivity index (χ1) is 8.07. The van der Waals surface area contributed by atoms with Crippen LogP contribution >= 0.6 is 0 Å². The van der Waals surface area contributed by atoms with Crippen molar-refractivity contribution in [2.24, 2.45) is 0 Å². The Labute approximate surface area is 97.5 Å². The lowest BCUT2D eigenvalue weighted by Gasteiger charge is -2.08. The van der Waals surface area contributed by atoms with Crippen LogP contribution in [0.25, 0.3) is 0 Å². The first kappa shape index (κ1) is 11.1. The van der Waals surface area contributed by atoms with Gasteiger partial charge in [-0.1, -0.05) is 12.1 Å². The molecule has 17 heavy (non-hydrogen) atoms. The molecule has 0 radical (unpaired) electrons. The van der Waals surface area contributed by atoms with E-state index in [9.17, 15) is 14.4 Å². The fourth-order valence-electron chi connectivity index (χ4n) is 1.73. The van der Waals surface area contributed by atoms with Crippen LogP contribution in [0.15, 0.2) is 30.4 Å². The van der Waals surface area contributed by atoms with Gasteiger partial charge in [-0.15, -0.1) is 0 Å². The van der Waals surface area contributed by atoms with E-state index in [0.29, 0.717) is 4.90 Å². The molecule has 0 spiro atoms. The van der Waals surface area contributed by atoms with E-state index in [1.807, 2.05) is 0 Å². The lowest BCUT2D eigenvalue weighted by molar-refractivity contribution is -0.121. The number of allylic oxidation sites excluding steroid dienone is 1. The summed E-state index contributed by atoms with van der Waals surface area (Å²) in [5.41, 5.74) is 6.12. The highest BCUT2D eigenvalue weighted by atomic mass is 16.2. The Morgan fingerprint density at radius 2 is 2.00 bits per heavy atom. The maximum Gasteiger partial charge on any atom is 0.270 e. The number of rotatable bonds is 1. The lowest BCUT2D eigenvalue weighted by Crippen LogP contribution is -2.34. The highest BCUT2D eigenvalue weighted by Crippen LogP contribution is 2.27. The Morgan fingerprint density at radius 1 is 1.29 bits per heavy atom. The van der Waals surface area contributed by atoms with Crippen molar-refractivity contribution in [3.8, 4) is 0 Å². The minimum Gasteiger partial charge on any atom is -0.398 e. The van der Waals surface area contributed by atoms with Gasteiger partial charge in [0.15, 0.2) is 0 Å². The highest BCUT2D eigenvalue weighted by molar-refractivity contribution is 6.31. The number of carbonyl (C=O) groups is 3. The molecule has 0 fully saturated rings. The van der Waals surface area contributed by atoms with Gasteiger partial charge in [-0.05, 0) is 25.1 Å². The third-order valence-electron chi connectivity index (χ3n) is 2.48. The van der Waals surface area contributed by atoms with Crippen LogP contribution in [0.5, 0.6) is 0 Å². The van der Waals surface area contributed by atoms with Crippen molar-refractivity contribution < 1.29 is 14.4 Å². The number of benzene rings is 1. The quantitative estimate of drug-likeness (QED) is 0.443. The van der Waals surface area contributed by atoms with Crippen molar-refractivity contribution >= 4 is 23.4 Å². The fourth-order valence-corrected chi connectivity index (χ4v) is 1.73. The second-order valence-corrected chi connectivity index (χ2v) is 3.55. The topological polar surface area (TPSA) is 80.5 Å². The Balaban J connectivity index is 2.53. The van der Waals surface area contributed by atoms with Crippen molar-refractivity contribution in [2.75, 3.05) is 5.73 Å². The molecule has 2 N–H and O–H groups in total. The van der Waals surface area contributed by atoms with Gasteiger partial charge in [0, 0.05) is 5.69 Å². The van der Waals surface area contributed by atoms with E-state index in [1.54, 1.807) is 13.0 Å². The third kappa shape index (κ3) is 1.52. The van der Waals surface area contributed by atoms with Crippen LogP contribution in [-0.2, 0) is 4.79 Å². The average Bonchev–Trinajstić information content (AvgIpc) is 2.53. The van der Waals surface area contributed by atoms with Gasteiger partial charge in [0.25, 0.3) is 17.7 Å². The van der Waals surface area contributed by atoms with E-state index in [0.717, 1.165) is 6.08 Å². The summed E-state index contributed by atoms with van der Waals surface area (Å²) in [7, 11) is 0. The second kappa shape index (κ2) is 3.86. The average molecular weight is 230 g/mol. The molecule has 1 aliphatic rings. The van der Waals surface area contributed by atoms with Crippen molar-refractivity contribution in [2.45, 2.75) is 6.92 Å². The molecule has 2 rings (SSSR count). The van der Waals surface area contributed by atoms with Crippen molar-refractivity contribution in [3.63, 3.8) is 0 Å². The molecule has 1 heterocycles. The lowest BCUT2D eigenvalue weighted by atomic mass is 10.1. The number of amides is 3. The third-order valence-corrected chi connectivity index (χ3v) is 2.48. The number of hydrogen-bond acceptors (Lipinski definition) is 4. The zero-order chi connectivity index (χ0) is 12.6. The van der Waals surface area contributed by atoms with E-state index in [4.69, 9.17) is 5.73 Å². The summed E-state index contributed by atoms with van der Waals surface area (Å²) >= 11 is 0. The maximum atomic E-state index is 11.9. The molecule has 5 heteroatoms. The molecule has 1 aliphatic heterocycles. The molecule has 5 nitrogen and oxygen atoms in total. The van der Waals surface area contributed by atoms with Crippen LogP contribution < -0.4 is 5.73 Å². The van der Waals surface area contributed by atoms with Gasteiger partial charge in [-0.2, -0.15) is 0 Å². The first-order valence-electron chi connectivity index (χ1n) is 5.02. The van der Waals surface area contributed by atoms with Gasteiger partial charge in [0.2, 0.25) is 0 Å². The van der Waals surface area contributed by atoms with Crippen molar-refractivity contribution in [1.29, 1.82) is 0 Å². The molecule has 0 aromatic heterocycles. The Morgan fingerprint density at radius 3 is 2.59 bits per heavy atom. The number of nitrogens with zero attached hydrogens (tertiary/aromatic N) is 1. The van der Waals surface area contributed by atoms with E-state index in [2.05, 4.69) is 0 Å². The molecule has 0 saturated carbocycles. The van der Waals surface area contributed by atoms with Crippen LogP contribution in [0, 0.1) is 0 Å². The summed E-state index contributed by atoms with van der Waals surface area (Å²) in [6, 6.07) is 4.57. The van der Waals surface area contributed by atoms with Crippen LogP contribution in [0.2, 0.25) is 0 Å². The number of carbonyl (C=O) groups excluding carboxylic acids is 3. The molecule has 3 amide bonds. The predicted octanol–water partition coefficient (Wildman–Crippen LogP) is 0.968. The Bertz CT molecular complexity index is 561. The summed E-state index contributed by atoms with van der Waals surface area (Å²) in [6.07, 6.45) is 2.63. The monoisotopic (exact) mass is 230 g/mol. The van der Waals surface area contributed by atoms with Gasteiger partial charge in [-0.25, -0.2) is 4.90 Å². The Hall–Kier alpha value is -2.43. The van der Waals surface area contributed by atoms with Crippen LogP contribution in [0.1, 0.15) is 27.6 Å². The van der Waals surface area contributed by atoms with Crippen LogP contribution in [-0.4, -0.2) is 22.6 Å². The number of nitrogen functional groups attached to an aromatic ring is 1. The van der Waals surface area contributed by atoms with Crippen LogP contribution in [0.4, 0.5) is 5.69 Å². The normalized spacial score (nSPS) is 14.5. The Kier molecular flexibility index (Phi) is 2.51. The minimum absolute atomic E-state index is 0.107. The molecule has 0 saturated heterocycles. The molecule has 0 unspecified atom stereocenters. The van der Waals surface area contributed by atoms with Gasteiger partial charge in [0.1, 0.15) is 0 Å². The standard InChI is InChI=1S/C12H10N2O3/c1-2-4-9(15)14-11(16)7-5-3-6-8(13)10(7)12(14)17/h2-6H,13H2,1H3/b4-2+. The molecule has 86 valence electrons. The summed E-state index contributed by atoms with van der Waals surface area (Å²) in [5, 5.41) is 0. The number of fused-ring (bicyclic) bond motifs is 1. The van der Waals surface area contributed by atoms with Gasteiger partial charge >= 0.3 is 0 Å². The largest absolute Gasteiger partial charge is 0.398 e. The van der Waals surface area contributed by atoms with E-state index in [-0.39, 0.29) is 16.8 Å². The molecule has 0 bridgehead atoms. The molecule has 0 atom stereocenters. The van der Waals surface area contributed by atoms with E-state index >= 15 is 0 Å². The molecular weight excluding hydrogens is 220 g/mol. The zero-order valence-electron chi connectivity index (χ0n) is 9.14. The molecule has 1 aromatic rings. The smallest absolute Gasteiger partial charge is 0.270 e. The fraction of sp³-hybridized carbons (Fsp3) is 0.0833. The van der Waals surface area contributed by atoms with Gasteiger partial charge in [0.05, 0.1) is 11.1 Å². The number of hydrogen-bond donors (Lipinski definition) is 1. The van der Waals surface area contributed by atoms with Gasteiger partial charge in [-0.3, -0.25) is 14.4 Å². The van der Waals surface area contributed by atoms with Crippen molar-refractivity contribution in [3.05, 3.63) is 41.5 Å².